The summed E-state index contributed by atoms with van der Waals surface area (Å²) in [6.45, 7) is 4.26. The summed E-state index contributed by atoms with van der Waals surface area (Å²) in [5.74, 6) is 1.27. The van der Waals surface area contributed by atoms with E-state index in [1.54, 1.807) is 0 Å². The van der Waals surface area contributed by atoms with Crippen molar-refractivity contribution in [1.29, 1.82) is 0 Å². The van der Waals surface area contributed by atoms with Crippen LogP contribution in [0.15, 0.2) is 12.2 Å². The van der Waals surface area contributed by atoms with Crippen LogP contribution in [0, 0.1) is 5.92 Å². The highest BCUT2D eigenvalue weighted by atomic mass is 35.5. The minimum absolute atomic E-state index is 0.637. The molecule has 7 heavy (non-hydrogen) atoms. The zero-order valence-electron chi connectivity index (χ0n) is 4.82. The first kappa shape index (κ1) is 7.03. The number of hydrogen-bond donors (Lipinski definition) is 0. The van der Waals surface area contributed by atoms with Crippen molar-refractivity contribution in [2.75, 3.05) is 5.88 Å². The molecule has 0 radical (unpaired) electrons. The molecular formula is C6H11Cl. The van der Waals surface area contributed by atoms with Gasteiger partial charge in [-0.3, -0.25) is 0 Å². The van der Waals surface area contributed by atoms with Gasteiger partial charge in [0.25, 0.3) is 0 Å². The molecule has 0 spiro atoms. The van der Waals surface area contributed by atoms with Crippen LogP contribution in [0.2, 0.25) is 0 Å². The predicted molar refractivity (Wildman–Crippen MR) is 34.7 cm³/mol. The Balaban J connectivity index is 3.08. The van der Waals surface area contributed by atoms with Gasteiger partial charge in [-0.05, 0) is 5.92 Å². The van der Waals surface area contributed by atoms with Crippen molar-refractivity contribution in [3.05, 3.63) is 12.2 Å². The molecule has 0 fully saturated rings. The van der Waals surface area contributed by atoms with Gasteiger partial charge in [-0.15, -0.1) is 11.6 Å². The Bertz CT molecular complexity index is 55.2. The minimum atomic E-state index is 0.637. The van der Waals surface area contributed by atoms with E-state index in [0.29, 0.717) is 11.8 Å². The summed E-state index contributed by atoms with van der Waals surface area (Å²) in [6.07, 6.45) is 4.05. The van der Waals surface area contributed by atoms with Gasteiger partial charge in [-0.2, -0.15) is 0 Å². The molecule has 0 bridgehead atoms. The van der Waals surface area contributed by atoms with Crippen molar-refractivity contribution >= 4 is 11.6 Å². The molecule has 0 aliphatic rings. The third-order valence-electron chi connectivity index (χ3n) is 0.610. The quantitative estimate of drug-likeness (QED) is 0.386. The Kier molecular flexibility index (Phi) is 4.21. The number of allylic oxidation sites excluding steroid dienone is 2. The largest absolute Gasteiger partial charge is 0.122 e. The lowest BCUT2D eigenvalue weighted by Gasteiger charge is -1.88. The average molecular weight is 119 g/mol. The molecule has 0 aliphatic carbocycles. The van der Waals surface area contributed by atoms with E-state index in [0.717, 1.165) is 0 Å². The third kappa shape index (κ3) is 6.03. The Morgan fingerprint density at radius 1 is 1.57 bits per heavy atom. The second-order valence-electron chi connectivity index (χ2n) is 1.83. The predicted octanol–water partition coefficient (Wildman–Crippen LogP) is 2.44. The van der Waals surface area contributed by atoms with Gasteiger partial charge in [0.15, 0.2) is 0 Å². The maximum atomic E-state index is 5.36. The van der Waals surface area contributed by atoms with E-state index in [4.69, 9.17) is 11.6 Å². The van der Waals surface area contributed by atoms with E-state index in [2.05, 4.69) is 19.9 Å². The normalized spacial score (nSPS) is 11.4. The molecule has 0 aromatic heterocycles. The molecular weight excluding hydrogens is 108 g/mol. The Hall–Kier alpha value is 0.0300. The van der Waals surface area contributed by atoms with Crippen molar-refractivity contribution < 1.29 is 0 Å². The van der Waals surface area contributed by atoms with Crippen LogP contribution in [-0.2, 0) is 0 Å². The van der Waals surface area contributed by atoms with Gasteiger partial charge < -0.3 is 0 Å². The molecule has 0 saturated carbocycles. The van der Waals surface area contributed by atoms with Crippen LogP contribution in [-0.4, -0.2) is 5.88 Å². The third-order valence-corrected chi connectivity index (χ3v) is 0.788. The molecule has 0 aromatic rings. The number of hydrogen-bond acceptors (Lipinski definition) is 0. The van der Waals surface area contributed by atoms with E-state index < -0.39 is 0 Å². The molecule has 0 aromatic carbocycles. The molecule has 0 nitrogen and oxygen atoms in total. The van der Waals surface area contributed by atoms with Crippen LogP contribution in [0.1, 0.15) is 13.8 Å². The molecule has 0 saturated heterocycles. The number of rotatable bonds is 2. The van der Waals surface area contributed by atoms with Crippen molar-refractivity contribution in [1.82, 2.24) is 0 Å². The molecule has 0 rings (SSSR count). The highest BCUT2D eigenvalue weighted by molar-refractivity contribution is 6.18. The van der Waals surface area contributed by atoms with Crippen LogP contribution in [0.4, 0.5) is 0 Å². The fraction of sp³-hybridized carbons (Fsp3) is 0.667. The summed E-state index contributed by atoms with van der Waals surface area (Å²) in [7, 11) is 0. The van der Waals surface area contributed by atoms with Gasteiger partial charge in [0, 0.05) is 5.88 Å². The summed E-state index contributed by atoms with van der Waals surface area (Å²) >= 11 is 5.36. The smallest absolute Gasteiger partial charge is 0.0404 e. The lowest BCUT2D eigenvalue weighted by Crippen LogP contribution is -1.75. The highest BCUT2D eigenvalue weighted by Crippen LogP contribution is 1.92. The van der Waals surface area contributed by atoms with Gasteiger partial charge >= 0.3 is 0 Å². The topological polar surface area (TPSA) is 0 Å². The van der Waals surface area contributed by atoms with E-state index in [-0.39, 0.29) is 0 Å². The zero-order chi connectivity index (χ0) is 5.70. The lowest BCUT2D eigenvalue weighted by molar-refractivity contribution is 0.830. The molecule has 42 valence electrons. The molecule has 0 unspecified atom stereocenters. The van der Waals surface area contributed by atoms with Gasteiger partial charge in [-0.25, -0.2) is 0 Å². The summed E-state index contributed by atoms with van der Waals surface area (Å²) in [6, 6.07) is 0. The SMILES string of the molecule is CC(C)C=CCCl. The van der Waals surface area contributed by atoms with Crippen LogP contribution < -0.4 is 0 Å². The van der Waals surface area contributed by atoms with Crippen molar-refractivity contribution in [3.63, 3.8) is 0 Å². The maximum absolute atomic E-state index is 5.36. The monoisotopic (exact) mass is 118 g/mol. The molecule has 0 aliphatic heterocycles. The second-order valence-corrected chi connectivity index (χ2v) is 2.14. The first-order valence-corrected chi connectivity index (χ1v) is 3.03. The first-order valence-electron chi connectivity index (χ1n) is 2.50. The summed E-state index contributed by atoms with van der Waals surface area (Å²) < 4.78 is 0. The van der Waals surface area contributed by atoms with Crippen LogP contribution in [0.3, 0.4) is 0 Å². The van der Waals surface area contributed by atoms with Gasteiger partial charge in [0.2, 0.25) is 0 Å². The molecule has 1 heteroatoms. The minimum Gasteiger partial charge on any atom is -0.122 e. The fourth-order valence-corrected chi connectivity index (χ4v) is 0.426. The van der Waals surface area contributed by atoms with Gasteiger partial charge in [-0.1, -0.05) is 26.0 Å². The zero-order valence-corrected chi connectivity index (χ0v) is 5.57. The molecule has 0 N–H and O–H groups in total. The summed E-state index contributed by atoms with van der Waals surface area (Å²) in [4.78, 5) is 0. The standard InChI is InChI=1S/C6H11Cl/c1-6(2)4-3-5-7/h3-4,6H,5H2,1-2H3. The van der Waals surface area contributed by atoms with E-state index >= 15 is 0 Å². The van der Waals surface area contributed by atoms with Crippen molar-refractivity contribution in [3.8, 4) is 0 Å². The highest BCUT2D eigenvalue weighted by Gasteiger charge is 1.78. The van der Waals surface area contributed by atoms with Gasteiger partial charge in [0.1, 0.15) is 0 Å². The molecule has 0 atom stereocenters. The lowest BCUT2D eigenvalue weighted by atomic mass is 10.2. The van der Waals surface area contributed by atoms with E-state index in [1.807, 2.05) is 6.08 Å². The van der Waals surface area contributed by atoms with Crippen LogP contribution in [0.5, 0.6) is 0 Å². The number of halogens is 1. The Labute approximate surface area is 50.2 Å². The Morgan fingerprint density at radius 3 is 2.29 bits per heavy atom. The maximum Gasteiger partial charge on any atom is 0.0404 e. The summed E-state index contributed by atoms with van der Waals surface area (Å²) in [5.41, 5.74) is 0. The average Bonchev–Trinajstić information content (AvgIpc) is 1.61. The van der Waals surface area contributed by atoms with Gasteiger partial charge in [0.05, 0.1) is 0 Å². The van der Waals surface area contributed by atoms with E-state index in [9.17, 15) is 0 Å². The second kappa shape index (κ2) is 4.20. The van der Waals surface area contributed by atoms with E-state index in [1.165, 1.54) is 0 Å². The Morgan fingerprint density at radius 2 is 2.14 bits per heavy atom. The number of alkyl halides is 1. The van der Waals surface area contributed by atoms with Crippen molar-refractivity contribution in [2.24, 2.45) is 5.92 Å². The van der Waals surface area contributed by atoms with Crippen molar-refractivity contribution in [2.45, 2.75) is 13.8 Å². The molecule has 0 amide bonds. The summed E-state index contributed by atoms with van der Waals surface area (Å²) in [5, 5.41) is 0. The van der Waals surface area contributed by atoms with Crippen LogP contribution in [0.25, 0.3) is 0 Å². The fourth-order valence-electron chi connectivity index (χ4n) is 0.324. The van der Waals surface area contributed by atoms with Crippen LogP contribution >= 0.6 is 11.6 Å². The molecule has 0 heterocycles. The first-order chi connectivity index (χ1) is 3.27.